The number of carbonyl (C=O) groups excluding carboxylic acids is 1. The smallest absolute Gasteiger partial charge is 0.230 e. The van der Waals surface area contributed by atoms with Crippen molar-refractivity contribution in [2.24, 2.45) is 0 Å². The maximum atomic E-state index is 12.0. The fraction of sp³-hybridized carbons (Fsp3) is 0.533. The van der Waals surface area contributed by atoms with E-state index in [1.54, 1.807) is 11.8 Å². The first-order valence-electron chi connectivity index (χ1n) is 6.88. The molecule has 5 heteroatoms. The summed E-state index contributed by atoms with van der Waals surface area (Å²) in [5, 5.41) is 6.53. The third-order valence-electron chi connectivity index (χ3n) is 3.56. The third kappa shape index (κ3) is 5.00. The Bertz CT molecular complexity index is 442. The SMILES string of the molecule is Cc1ccccc1SCC(=O)NC1CCCNC1C.Cl. The highest BCUT2D eigenvalue weighted by molar-refractivity contribution is 8.00. The van der Waals surface area contributed by atoms with Gasteiger partial charge in [0.2, 0.25) is 5.91 Å². The maximum absolute atomic E-state index is 12.0. The quantitative estimate of drug-likeness (QED) is 0.840. The number of benzene rings is 1. The van der Waals surface area contributed by atoms with Crippen LogP contribution in [0.15, 0.2) is 29.2 Å². The van der Waals surface area contributed by atoms with Gasteiger partial charge in [0.15, 0.2) is 0 Å². The fourth-order valence-electron chi connectivity index (χ4n) is 2.35. The van der Waals surface area contributed by atoms with Crippen LogP contribution in [0.25, 0.3) is 0 Å². The number of halogens is 1. The lowest BCUT2D eigenvalue weighted by molar-refractivity contribution is -0.119. The number of rotatable bonds is 4. The lowest BCUT2D eigenvalue weighted by Crippen LogP contribution is -2.52. The van der Waals surface area contributed by atoms with Crippen molar-refractivity contribution in [3.05, 3.63) is 29.8 Å². The molecule has 3 nitrogen and oxygen atoms in total. The topological polar surface area (TPSA) is 41.1 Å². The molecule has 0 aliphatic carbocycles. The minimum Gasteiger partial charge on any atom is -0.351 e. The van der Waals surface area contributed by atoms with E-state index in [9.17, 15) is 4.79 Å². The van der Waals surface area contributed by atoms with Crippen molar-refractivity contribution >= 4 is 30.1 Å². The largest absolute Gasteiger partial charge is 0.351 e. The van der Waals surface area contributed by atoms with Gasteiger partial charge in [0.1, 0.15) is 0 Å². The van der Waals surface area contributed by atoms with Crippen molar-refractivity contribution in [1.29, 1.82) is 0 Å². The van der Waals surface area contributed by atoms with Crippen LogP contribution in [-0.4, -0.2) is 30.3 Å². The van der Waals surface area contributed by atoms with E-state index >= 15 is 0 Å². The number of amides is 1. The molecule has 0 bridgehead atoms. The molecule has 112 valence electrons. The second kappa shape index (κ2) is 8.55. The molecule has 2 unspecified atom stereocenters. The number of thioether (sulfide) groups is 1. The molecule has 2 rings (SSSR count). The summed E-state index contributed by atoms with van der Waals surface area (Å²) in [5.41, 5.74) is 1.23. The molecule has 2 N–H and O–H groups in total. The molecule has 1 aliphatic rings. The molecule has 1 aliphatic heterocycles. The van der Waals surface area contributed by atoms with Gasteiger partial charge in [-0.15, -0.1) is 24.2 Å². The number of hydrogen-bond donors (Lipinski definition) is 2. The first kappa shape index (κ1) is 17.3. The Hall–Kier alpha value is -0.710. The summed E-state index contributed by atoms with van der Waals surface area (Å²) in [4.78, 5) is 13.2. The molecule has 1 heterocycles. The Morgan fingerprint density at radius 2 is 2.20 bits per heavy atom. The molecule has 1 fully saturated rings. The third-order valence-corrected chi connectivity index (χ3v) is 4.74. The molecule has 1 saturated heterocycles. The van der Waals surface area contributed by atoms with Crippen LogP contribution in [0.4, 0.5) is 0 Å². The molecule has 1 aromatic rings. The van der Waals surface area contributed by atoms with Crippen LogP contribution >= 0.6 is 24.2 Å². The highest BCUT2D eigenvalue weighted by Crippen LogP contribution is 2.21. The number of piperidine rings is 1. The standard InChI is InChI=1S/C15H22N2OS.ClH/c1-11-6-3-4-8-14(11)19-10-15(18)17-13-7-5-9-16-12(13)2;/h3-4,6,8,12-13,16H,5,7,9-10H2,1-2H3,(H,17,18);1H. The number of hydrogen-bond acceptors (Lipinski definition) is 3. The van der Waals surface area contributed by atoms with Gasteiger partial charge in [-0.05, 0) is 44.9 Å². The first-order chi connectivity index (χ1) is 9.16. The Kier molecular flexibility index (Phi) is 7.41. The minimum absolute atomic E-state index is 0. The normalized spacial score (nSPS) is 21.9. The lowest BCUT2D eigenvalue weighted by atomic mass is 10.00. The molecule has 1 amide bonds. The summed E-state index contributed by atoms with van der Waals surface area (Å²) in [5.74, 6) is 0.627. The monoisotopic (exact) mass is 314 g/mol. The van der Waals surface area contributed by atoms with Gasteiger partial charge >= 0.3 is 0 Å². The Morgan fingerprint density at radius 3 is 2.90 bits per heavy atom. The van der Waals surface area contributed by atoms with Crippen molar-refractivity contribution in [3.8, 4) is 0 Å². The molecule has 2 atom stereocenters. The van der Waals surface area contributed by atoms with Gasteiger partial charge in [-0.3, -0.25) is 4.79 Å². The van der Waals surface area contributed by atoms with Crippen LogP contribution in [0.1, 0.15) is 25.3 Å². The van der Waals surface area contributed by atoms with Gasteiger partial charge in [-0.1, -0.05) is 18.2 Å². The van der Waals surface area contributed by atoms with Crippen molar-refractivity contribution < 1.29 is 4.79 Å². The lowest BCUT2D eigenvalue weighted by Gasteiger charge is -2.30. The molecule has 1 aromatic carbocycles. The minimum atomic E-state index is 0. The van der Waals surface area contributed by atoms with Gasteiger partial charge in [0, 0.05) is 17.0 Å². The summed E-state index contributed by atoms with van der Waals surface area (Å²) < 4.78 is 0. The van der Waals surface area contributed by atoms with E-state index in [1.807, 2.05) is 12.1 Å². The highest BCUT2D eigenvalue weighted by Gasteiger charge is 2.22. The number of nitrogens with one attached hydrogen (secondary N) is 2. The average molecular weight is 315 g/mol. The molecule has 0 aromatic heterocycles. The van der Waals surface area contributed by atoms with E-state index in [4.69, 9.17) is 0 Å². The summed E-state index contributed by atoms with van der Waals surface area (Å²) in [6.45, 7) is 5.28. The van der Waals surface area contributed by atoms with Crippen LogP contribution in [0, 0.1) is 6.92 Å². The predicted molar refractivity (Wildman–Crippen MR) is 87.8 cm³/mol. The van der Waals surface area contributed by atoms with Gasteiger partial charge in [-0.2, -0.15) is 0 Å². The summed E-state index contributed by atoms with van der Waals surface area (Å²) in [7, 11) is 0. The van der Waals surface area contributed by atoms with Crippen LogP contribution in [0.5, 0.6) is 0 Å². The van der Waals surface area contributed by atoms with E-state index in [0.717, 1.165) is 19.4 Å². The van der Waals surface area contributed by atoms with E-state index in [2.05, 4.69) is 36.6 Å². The van der Waals surface area contributed by atoms with E-state index in [1.165, 1.54) is 10.5 Å². The van der Waals surface area contributed by atoms with Crippen molar-refractivity contribution in [2.45, 2.75) is 43.7 Å². The van der Waals surface area contributed by atoms with E-state index in [0.29, 0.717) is 11.8 Å². The average Bonchev–Trinajstić information content (AvgIpc) is 2.40. The number of carbonyl (C=O) groups is 1. The molecule has 0 saturated carbocycles. The van der Waals surface area contributed by atoms with Crippen LogP contribution in [-0.2, 0) is 4.79 Å². The fourth-order valence-corrected chi connectivity index (χ4v) is 3.19. The van der Waals surface area contributed by atoms with Gasteiger partial charge in [0.05, 0.1) is 5.75 Å². The Labute approximate surface area is 131 Å². The molecule has 0 spiro atoms. The summed E-state index contributed by atoms with van der Waals surface area (Å²) >= 11 is 1.61. The summed E-state index contributed by atoms with van der Waals surface area (Å²) in [6, 6.07) is 8.83. The zero-order valence-electron chi connectivity index (χ0n) is 12.0. The van der Waals surface area contributed by atoms with Crippen LogP contribution < -0.4 is 10.6 Å². The number of aryl methyl sites for hydroxylation is 1. The second-order valence-electron chi connectivity index (χ2n) is 5.11. The van der Waals surface area contributed by atoms with Crippen LogP contribution in [0.3, 0.4) is 0 Å². The van der Waals surface area contributed by atoms with Crippen molar-refractivity contribution in [3.63, 3.8) is 0 Å². The Morgan fingerprint density at radius 1 is 1.45 bits per heavy atom. The second-order valence-corrected chi connectivity index (χ2v) is 6.13. The van der Waals surface area contributed by atoms with E-state index < -0.39 is 0 Å². The van der Waals surface area contributed by atoms with Crippen molar-refractivity contribution in [2.75, 3.05) is 12.3 Å². The maximum Gasteiger partial charge on any atom is 0.230 e. The van der Waals surface area contributed by atoms with Gasteiger partial charge < -0.3 is 10.6 Å². The van der Waals surface area contributed by atoms with Gasteiger partial charge in [-0.25, -0.2) is 0 Å². The van der Waals surface area contributed by atoms with E-state index in [-0.39, 0.29) is 24.4 Å². The molecule has 0 radical (unpaired) electrons. The molecular weight excluding hydrogens is 292 g/mol. The zero-order chi connectivity index (χ0) is 13.7. The molecular formula is C15H23ClN2OS. The Balaban J connectivity index is 0.00000200. The van der Waals surface area contributed by atoms with Gasteiger partial charge in [0.25, 0.3) is 0 Å². The zero-order valence-corrected chi connectivity index (χ0v) is 13.7. The van der Waals surface area contributed by atoms with Crippen molar-refractivity contribution in [1.82, 2.24) is 10.6 Å². The predicted octanol–water partition coefficient (Wildman–Crippen LogP) is 2.77. The first-order valence-corrected chi connectivity index (χ1v) is 7.86. The van der Waals surface area contributed by atoms with Crippen LogP contribution in [0.2, 0.25) is 0 Å². The molecule has 20 heavy (non-hydrogen) atoms. The summed E-state index contributed by atoms with van der Waals surface area (Å²) in [6.07, 6.45) is 2.22. The highest BCUT2D eigenvalue weighted by atomic mass is 35.5.